The Bertz CT molecular complexity index is 834. The van der Waals surface area contributed by atoms with Gasteiger partial charge in [-0.15, -0.1) is 0 Å². The molecule has 9 heteroatoms. The van der Waals surface area contributed by atoms with Crippen molar-refractivity contribution in [2.75, 3.05) is 5.43 Å². The average Bonchev–Trinajstić information content (AvgIpc) is 3.03. The number of nitriles is 1. The maximum atomic E-state index is 10.8. The Kier molecular flexibility index (Phi) is 5.15. The van der Waals surface area contributed by atoms with Crippen LogP contribution in [-0.4, -0.2) is 22.6 Å². The SMILES string of the molecule is N#C/C(=N\Nc1ccccc1OCc1ccc(C(=O)O)o1)C(=N)N. The number of carbonyl (C=O) groups is 1. The highest BCUT2D eigenvalue weighted by Gasteiger charge is 2.10. The molecule has 1 aromatic carbocycles. The molecule has 9 nitrogen and oxygen atoms in total. The van der Waals surface area contributed by atoms with E-state index in [9.17, 15) is 4.79 Å². The topological polar surface area (TPSA) is 158 Å². The fourth-order valence-corrected chi connectivity index (χ4v) is 1.67. The van der Waals surface area contributed by atoms with E-state index in [2.05, 4.69) is 10.5 Å². The summed E-state index contributed by atoms with van der Waals surface area (Å²) in [6.07, 6.45) is 0. The molecular weight excluding hydrogens is 314 g/mol. The van der Waals surface area contributed by atoms with Crippen molar-refractivity contribution in [3.63, 3.8) is 0 Å². The van der Waals surface area contributed by atoms with Gasteiger partial charge in [0.05, 0.1) is 5.69 Å². The number of furan rings is 1. The lowest BCUT2D eigenvalue weighted by Crippen LogP contribution is -2.21. The Morgan fingerprint density at radius 2 is 2.17 bits per heavy atom. The van der Waals surface area contributed by atoms with E-state index in [0.717, 1.165) is 0 Å². The van der Waals surface area contributed by atoms with Gasteiger partial charge in [-0.3, -0.25) is 10.8 Å². The maximum absolute atomic E-state index is 10.8. The predicted octanol–water partition coefficient (Wildman–Crippen LogP) is 1.78. The third kappa shape index (κ3) is 4.11. The Morgan fingerprint density at radius 3 is 2.79 bits per heavy atom. The summed E-state index contributed by atoms with van der Waals surface area (Å²) in [5.74, 6) is -1.06. The minimum absolute atomic E-state index is 0.00744. The summed E-state index contributed by atoms with van der Waals surface area (Å²) in [6, 6.07) is 11.3. The van der Waals surface area contributed by atoms with Gasteiger partial charge in [0.15, 0.2) is 5.84 Å². The van der Waals surface area contributed by atoms with Crippen molar-refractivity contribution in [3.8, 4) is 11.8 Å². The normalized spacial score (nSPS) is 10.7. The molecule has 0 unspecified atom stereocenters. The van der Waals surface area contributed by atoms with Crippen molar-refractivity contribution < 1.29 is 19.1 Å². The average molecular weight is 327 g/mol. The Labute approximate surface area is 136 Å². The minimum atomic E-state index is -1.16. The Balaban J connectivity index is 2.09. The monoisotopic (exact) mass is 327 g/mol. The van der Waals surface area contributed by atoms with Crippen LogP contribution in [0.5, 0.6) is 5.75 Å². The fourth-order valence-electron chi connectivity index (χ4n) is 1.67. The number of amidine groups is 1. The second kappa shape index (κ2) is 7.46. The van der Waals surface area contributed by atoms with Crippen molar-refractivity contribution in [3.05, 3.63) is 47.9 Å². The summed E-state index contributed by atoms with van der Waals surface area (Å²) in [4.78, 5) is 10.8. The zero-order chi connectivity index (χ0) is 17.5. The number of nitrogens with one attached hydrogen (secondary N) is 2. The molecule has 0 bridgehead atoms. The molecule has 0 radical (unpaired) electrons. The second-order valence-electron chi connectivity index (χ2n) is 4.45. The fraction of sp³-hybridized carbons (Fsp3) is 0.0667. The van der Waals surface area contributed by atoms with Crippen LogP contribution < -0.4 is 15.9 Å². The number of aromatic carboxylic acids is 1. The molecular formula is C15H13N5O4. The van der Waals surface area contributed by atoms with Crippen LogP contribution in [0.2, 0.25) is 0 Å². The van der Waals surface area contributed by atoms with Crippen LogP contribution in [0.3, 0.4) is 0 Å². The first kappa shape index (κ1) is 16.6. The molecule has 5 N–H and O–H groups in total. The highest BCUT2D eigenvalue weighted by molar-refractivity contribution is 6.45. The van der Waals surface area contributed by atoms with E-state index in [1.165, 1.54) is 12.1 Å². The van der Waals surface area contributed by atoms with Gasteiger partial charge in [0.1, 0.15) is 24.2 Å². The van der Waals surface area contributed by atoms with E-state index >= 15 is 0 Å². The number of rotatable bonds is 7. The molecule has 0 spiro atoms. The third-order valence-electron chi connectivity index (χ3n) is 2.78. The number of anilines is 1. The van der Waals surface area contributed by atoms with Crippen LogP contribution in [0.1, 0.15) is 16.3 Å². The zero-order valence-electron chi connectivity index (χ0n) is 12.3. The smallest absolute Gasteiger partial charge is 0.371 e. The highest BCUT2D eigenvalue weighted by atomic mass is 16.5. The second-order valence-corrected chi connectivity index (χ2v) is 4.45. The van der Waals surface area contributed by atoms with E-state index in [4.69, 9.17) is 30.7 Å². The first-order chi connectivity index (χ1) is 11.5. The molecule has 0 aliphatic rings. The van der Waals surface area contributed by atoms with Crippen molar-refractivity contribution in [1.29, 1.82) is 10.7 Å². The molecule has 2 rings (SSSR count). The molecule has 0 saturated heterocycles. The number of carboxylic acid groups (broad SMARTS) is 1. The molecule has 24 heavy (non-hydrogen) atoms. The van der Waals surface area contributed by atoms with Crippen LogP contribution in [0.15, 0.2) is 45.9 Å². The molecule has 1 heterocycles. The molecule has 0 amide bonds. The molecule has 0 fully saturated rings. The van der Waals surface area contributed by atoms with Crippen molar-refractivity contribution >= 4 is 23.2 Å². The molecule has 1 aromatic heterocycles. The summed E-state index contributed by atoms with van der Waals surface area (Å²) in [7, 11) is 0. The number of benzene rings is 1. The van der Waals surface area contributed by atoms with Gasteiger partial charge >= 0.3 is 5.97 Å². The zero-order valence-corrected chi connectivity index (χ0v) is 12.3. The molecule has 2 aromatic rings. The molecule has 0 aliphatic carbocycles. The van der Waals surface area contributed by atoms with E-state index in [0.29, 0.717) is 17.2 Å². The number of hydrogen-bond acceptors (Lipinski definition) is 7. The standard InChI is InChI=1S/C15H13N5O4/c16-7-11(14(17)18)20-19-10-3-1-2-4-12(10)23-8-9-5-6-13(24-9)15(21)22/h1-6,19H,8H2,(H3,17,18)(H,21,22)/b20-11+. The Morgan fingerprint density at radius 1 is 1.42 bits per heavy atom. The van der Waals surface area contributed by atoms with E-state index in [1.54, 1.807) is 30.3 Å². The molecule has 122 valence electrons. The van der Waals surface area contributed by atoms with Gasteiger partial charge in [-0.1, -0.05) is 12.1 Å². The summed E-state index contributed by atoms with van der Waals surface area (Å²) < 4.78 is 10.6. The lowest BCUT2D eigenvalue weighted by atomic mass is 10.3. The summed E-state index contributed by atoms with van der Waals surface area (Å²) >= 11 is 0. The van der Waals surface area contributed by atoms with Gasteiger partial charge in [-0.25, -0.2) is 4.79 Å². The lowest BCUT2D eigenvalue weighted by molar-refractivity contribution is 0.0658. The number of ether oxygens (including phenoxy) is 1. The molecule has 0 aliphatic heterocycles. The molecule has 0 saturated carbocycles. The van der Waals surface area contributed by atoms with Gasteiger partial charge in [0.2, 0.25) is 11.5 Å². The van der Waals surface area contributed by atoms with Gasteiger partial charge in [0, 0.05) is 0 Å². The molecule has 0 atom stereocenters. The third-order valence-corrected chi connectivity index (χ3v) is 2.78. The number of para-hydroxylation sites is 2. The first-order valence-corrected chi connectivity index (χ1v) is 6.63. The number of nitrogens with two attached hydrogens (primary N) is 1. The number of hydrazone groups is 1. The Hall–Kier alpha value is -3.80. The van der Waals surface area contributed by atoms with E-state index in [-0.39, 0.29) is 18.1 Å². The predicted molar refractivity (Wildman–Crippen MR) is 85.0 cm³/mol. The summed E-state index contributed by atoms with van der Waals surface area (Å²) in [5, 5.41) is 28.5. The number of hydrogen-bond donors (Lipinski definition) is 4. The maximum Gasteiger partial charge on any atom is 0.371 e. The van der Waals surface area contributed by atoms with Gasteiger partial charge in [-0.2, -0.15) is 10.4 Å². The minimum Gasteiger partial charge on any atom is -0.483 e. The number of carboxylic acids is 1. The quantitative estimate of drug-likeness (QED) is 0.343. The first-order valence-electron chi connectivity index (χ1n) is 6.63. The van der Waals surface area contributed by atoms with Crippen LogP contribution >= 0.6 is 0 Å². The van der Waals surface area contributed by atoms with E-state index < -0.39 is 11.8 Å². The largest absolute Gasteiger partial charge is 0.483 e. The van der Waals surface area contributed by atoms with Crippen LogP contribution in [0, 0.1) is 16.7 Å². The van der Waals surface area contributed by atoms with Crippen LogP contribution in [-0.2, 0) is 6.61 Å². The van der Waals surface area contributed by atoms with Gasteiger partial charge in [0.25, 0.3) is 0 Å². The van der Waals surface area contributed by atoms with Gasteiger partial charge in [-0.05, 0) is 24.3 Å². The van der Waals surface area contributed by atoms with Gasteiger partial charge < -0.3 is 20.0 Å². The van der Waals surface area contributed by atoms with Crippen molar-refractivity contribution in [2.45, 2.75) is 6.61 Å². The highest BCUT2D eigenvalue weighted by Crippen LogP contribution is 2.25. The van der Waals surface area contributed by atoms with Crippen LogP contribution in [0.4, 0.5) is 5.69 Å². The summed E-state index contributed by atoms with van der Waals surface area (Å²) in [5.41, 5.74) is 7.99. The lowest BCUT2D eigenvalue weighted by Gasteiger charge is -2.09. The van der Waals surface area contributed by atoms with E-state index in [1.807, 2.05) is 0 Å². The van der Waals surface area contributed by atoms with Crippen molar-refractivity contribution in [2.24, 2.45) is 10.8 Å². The number of nitrogens with zero attached hydrogens (tertiary/aromatic N) is 2. The summed E-state index contributed by atoms with van der Waals surface area (Å²) in [6.45, 7) is 0.00744. The van der Waals surface area contributed by atoms with Crippen molar-refractivity contribution in [1.82, 2.24) is 0 Å². The van der Waals surface area contributed by atoms with Crippen LogP contribution in [0.25, 0.3) is 0 Å².